The number of hydrogen-bond donors (Lipinski definition) is 1. The maximum Gasteiger partial charge on any atom is 0.343 e. The molecule has 0 spiro atoms. The summed E-state index contributed by atoms with van der Waals surface area (Å²) in [5.41, 5.74) is 1.30. The lowest BCUT2D eigenvalue weighted by Gasteiger charge is -2.27. The van der Waals surface area contributed by atoms with Crippen LogP contribution in [0.15, 0.2) is 72.3 Å². The Kier molecular flexibility index (Phi) is 5.50. The minimum Gasteiger partial charge on any atom is -0.454 e. The number of amides is 4. The van der Waals surface area contributed by atoms with Gasteiger partial charge in [-0.1, -0.05) is 36.4 Å². The molecule has 5 rings (SSSR count). The number of benzene rings is 3. The summed E-state index contributed by atoms with van der Waals surface area (Å²) in [5.74, 6) is -1.21. The molecule has 0 saturated carbocycles. The number of carbonyl (C=O) groups excluding carboxylic acids is 4. The quantitative estimate of drug-likeness (QED) is 0.268. The highest BCUT2D eigenvalue weighted by Crippen LogP contribution is 2.33. The predicted molar refractivity (Wildman–Crippen MR) is 124 cm³/mol. The van der Waals surface area contributed by atoms with Crippen LogP contribution in [-0.2, 0) is 9.59 Å². The van der Waals surface area contributed by atoms with E-state index in [4.69, 9.17) is 14.2 Å². The van der Waals surface area contributed by atoms with Crippen LogP contribution in [-0.4, -0.2) is 30.6 Å². The van der Waals surface area contributed by atoms with E-state index in [1.165, 1.54) is 18.2 Å². The molecule has 0 atom stereocenters. The molecule has 3 aromatic carbocycles. The van der Waals surface area contributed by atoms with Crippen LogP contribution < -0.4 is 24.4 Å². The molecule has 1 saturated heterocycles. The number of nitrogens with zero attached hydrogens (tertiary/aromatic N) is 1. The van der Waals surface area contributed by atoms with E-state index in [1.807, 2.05) is 0 Å². The fourth-order valence-electron chi connectivity index (χ4n) is 3.72. The highest BCUT2D eigenvalue weighted by Gasteiger charge is 2.37. The summed E-state index contributed by atoms with van der Waals surface area (Å²) in [5, 5.41) is 2.19. The SMILES string of the molecule is Cc1ccccc1N1C(=O)NC(=O)/C(=C/c2ccccc2OC(=O)c2ccc3c(c2)OCO3)C1=O. The van der Waals surface area contributed by atoms with Crippen LogP contribution in [0.2, 0.25) is 0 Å². The lowest BCUT2D eigenvalue weighted by molar-refractivity contribution is -0.122. The lowest BCUT2D eigenvalue weighted by atomic mass is 10.0. The van der Waals surface area contributed by atoms with E-state index in [0.29, 0.717) is 28.3 Å². The fraction of sp³-hybridized carbons (Fsp3) is 0.0769. The number of hydrogen-bond acceptors (Lipinski definition) is 7. The van der Waals surface area contributed by atoms with E-state index in [2.05, 4.69) is 5.32 Å². The van der Waals surface area contributed by atoms with Gasteiger partial charge in [0.1, 0.15) is 11.3 Å². The van der Waals surface area contributed by atoms with Gasteiger partial charge >= 0.3 is 12.0 Å². The Bertz CT molecular complexity index is 1430. The third kappa shape index (κ3) is 4.10. The van der Waals surface area contributed by atoms with Crippen molar-refractivity contribution in [2.75, 3.05) is 11.7 Å². The van der Waals surface area contributed by atoms with Crippen molar-refractivity contribution in [3.8, 4) is 17.2 Å². The number of ether oxygens (including phenoxy) is 3. The van der Waals surface area contributed by atoms with Crippen LogP contribution in [0, 0.1) is 6.92 Å². The number of carbonyl (C=O) groups is 4. The van der Waals surface area contributed by atoms with Gasteiger partial charge in [-0.15, -0.1) is 0 Å². The highest BCUT2D eigenvalue weighted by atomic mass is 16.7. The summed E-state index contributed by atoms with van der Waals surface area (Å²) < 4.78 is 16.1. The number of aryl methyl sites for hydroxylation is 1. The largest absolute Gasteiger partial charge is 0.454 e. The van der Waals surface area contributed by atoms with Crippen molar-refractivity contribution < 1.29 is 33.4 Å². The van der Waals surface area contributed by atoms with Gasteiger partial charge in [0, 0.05) is 5.56 Å². The zero-order valence-corrected chi connectivity index (χ0v) is 18.4. The summed E-state index contributed by atoms with van der Waals surface area (Å²) in [6, 6.07) is 17.1. The first kappa shape index (κ1) is 21.9. The molecule has 2 heterocycles. The first-order valence-corrected chi connectivity index (χ1v) is 10.6. The molecule has 9 heteroatoms. The number of urea groups is 1. The van der Waals surface area contributed by atoms with E-state index < -0.39 is 23.8 Å². The third-order valence-electron chi connectivity index (χ3n) is 5.49. The van der Waals surface area contributed by atoms with Crippen LogP contribution in [0.4, 0.5) is 10.5 Å². The number of imide groups is 2. The van der Waals surface area contributed by atoms with Crippen molar-refractivity contribution >= 4 is 35.6 Å². The van der Waals surface area contributed by atoms with Gasteiger partial charge in [0.15, 0.2) is 11.5 Å². The Hall–Kier alpha value is -4.92. The molecule has 35 heavy (non-hydrogen) atoms. The minimum absolute atomic E-state index is 0.0718. The van der Waals surface area contributed by atoms with Crippen LogP contribution in [0.3, 0.4) is 0 Å². The monoisotopic (exact) mass is 470 g/mol. The Labute approximate surface area is 199 Å². The van der Waals surface area contributed by atoms with Gasteiger partial charge in [-0.25, -0.2) is 14.5 Å². The molecule has 0 bridgehead atoms. The Morgan fingerprint density at radius 3 is 2.54 bits per heavy atom. The minimum atomic E-state index is -0.846. The van der Waals surface area contributed by atoms with Gasteiger partial charge < -0.3 is 14.2 Å². The second-order valence-corrected chi connectivity index (χ2v) is 7.74. The highest BCUT2D eigenvalue weighted by molar-refractivity contribution is 6.39. The van der Waals surface area contributed by atoms with Crippen LogP contribution in [0.1, 0.15) is 21.5 Å². The first-order valence-electron chi connectivity index (χ1n) is 10.6. The first-order chi connectivity index (χ1) is 16.9. The molecule has 0 aromatic heterocycles. The van der Waals surface area contributed by atoms with Crippen LogP contribution in [0.25, 0.3) is 6.08 Å². The van der Waals surface area contributed by atoms with Crippen molar-refractivity contribution in [1.29, 1.82) is 0 Å². The molecule has 1 fully saturated rings. The van der Waals surface area contributed by atoms with Gasteiger partial charge in [0.05, 0.1) is 11.3 Å². The number of barbiturate groups is 1. The Morgan fingerprint density at radius 1 is 0.971 bits per heavy atom. The second-order valence-electron chi connectivity index (χ2n) is 7.74. The summed E-state index contributed by atoms with van der Waals surface area (Å²) in [4.78, 5) is 51.9. The molecule has 2 aliphatic rings. The van der Waals surface area contributed by atoms with Gasteiger partial charge in [-0.05, 0) is 48.9 Å². The molecule has 0 unspecified atom stereocenters. The molecule has 9 nitrogen and oxygen atoms in total. The number of nitrogens with one attached hydrogen (secondary N) is 1. The Balaban J connectivity index is 1.46. The van der Waals surface area contributed by atoms with Gasteiger partial charge in [-0.2, -0.15) is 0 Å². The summed E-state index contributed by atoms with van der Waals surface area (Å²) in [6.45, 7) is 1.82. The lowest BCUT2D eigenvalue weighted by Crippen LogP contribution is -2.54. The Morgan fingerprint density at radius 2 is 1.71 bits per heavy atom. The number of rotatable bonds is 4. The van der Waals surface area contributed by atoms with E-state index >= 15 is 0 Å². The molecule has 2 aliphatic heterocycles. The second kappa shape index (κ2) is 8.79. The average Bonchev–Trinajstić information content (AvgIpc) is 3.32. The molecule has 174 valence electrons. The smallest absolute Gasteiger partial charge is 0.343 e. The van der Waals surface area contributed by atoms with Crippen LogP contribution in [0.5, 0.6) is 17.2 Å². The predicted octanol–water partition coefficient (Wildman–Crippen LogP) is 3.61. The maximum atomic E-state index is 13.2. The number of anilines is 1. The molecular weight excluding hydrogens is 452 g/mol. The number of fused-ring (bicyclic) bond motifs is 1. The summed E-state index contributed by atoms with van der Waals surface area (Å²) in [7, 11) is 0. The van der Waals surface area contributed by atoms with E-state index in [1.54, 1.807) is 61.5 Å². The van der Waals surface area contributed by atoms with Gasteiger partial charge in [-0.3, -0.25) is 14.9 Å². The maximum absolute atomic E-state index is 13.2. The summed E-state index contributed by atoms with van der Waals surface area (Å²) in [6.07, 6.45) is 1.29. The molecule has 3 aromatic rings. The average molecular weight is 470 g/mol. The topological polar surface area (TPSA) is 111 Å². The molecule has 0 aliphatic carbocycles. The normalized spacial score (nSPS) is 15.9. The third-order valence-corrected chi connectivity index (χ3v) is 5.49. The van der Waals surface area contributed by atoms with Crippen molar-refractivity contribution in [3.63, 3.8) is 0 Å². The summed E-state index contributed by atoms with van der Waals surface area (Å²) >= 11 is 0. The van der Waals surface area contributed by atoms with Gasteiger partial charge in [0.2, 0.25) is 6.79 Å². The van der Waals surface area contributed by atoms with E-state index in [-0.39, 0.29) is 23.7 Å². The van der Waals surface area contributed by atoms with Crippen molar-refractivity contribution in [1.82, 2.24) is 5.32 Å². The zero-order chi connectivity index (χ0) is 24.5. The van der Waals surface area contributed by atoms with Crippen LogP contribution >= 0.6 is 0 Å². The van der Waals surface area contributed by atoms with Crippen molar-refractivity contribution in [2.24, 2.45) is 0 Å². The van der Waals surface area contributed by atoms with Crippen molar-refractivity contribution in [3.05, 3.63) is 89.0 Å². The van der Waals surface area contributed by atoms with E-state index in [9.17, 15) is 19.2 Å². The molecule has 1 N–H and O–H groups in total. The zero-order valence-electron chi connectivity index (χ0n) is 18.4. The number of esters is 1. The standard InChI is InChI=1S/C26H18N2O7/c1-15-6-2-4-8-19(15)28-24(30)18(23(29)27-26(28)32)12-16-7-3-5-9-20(16)35-25(31)17-10-11-21-22(13-17)34-14-33-21/h2-13H,14H2,1H3,(H,27,29,32)/b18-12-. The molecule has 4 amide bonds. The fourth-order valence-corrected chi connectivity index (χ4v) is 3.72. The molecule has 0 radical (unpaired) electrons. The van der Waals surface area contributed by atoms with Crippen molar-refractivity contribution in [2.45, 2.75) is 6.92 Å². The molecular formula is C26H18N2O7. The number of para-hydroxylation sites is 2. The van der Waals surface area contributed by atoms with Gasteiger partial charge in [0.25, 0.3) is 11.8 Å². The van der Waals surface area contributed by atoms with E-state index in [0.717, 1.165) is 4.90 Å².